The third-order valence-electron chi connectivity index (χ3n) is 1.91. The van der Waals surface area contributed by atoms with Crippen LogP contribution in [0.1, 0.15) is 5.69 Å². The Balaban J connectivity index is 2.23. The van der Waals surface area contributed by atoms with Gasteiger partial charge < -0.3 is 5.32 Å². The van der Waals surface area contributed by atoms with E-state index in [2.05, 4.69) is 16.5 Å². The number of aromatic nitrogens is 2. The van der Waals surface area contributed by atoms with E-state index in [1.165, 1.54) is 11.3 Å². The van der Waals surface area contributed by atoms with Gasteiger partial charge in [0.2, 0.25) is 0 Å². The minimum atomic E-state index is 1.03. The highest BCUT2D eigenvalue weighted by Crippen LogP contribution is 2.08. The topological polar surface area (TPSA) is 29.9 Å². The van der Waals surface area contributed by atoms with Gasteiger partial charge in [0.25, 0.3) is 0 Å². The zero-order valence-electron chi connectivity index (χ0n) is 6.54. The SMILES string of the molecule is Cn1nccc1C=C1CNC1. The summed E-state index contributed by atoms with van der Waals surface area (Å²) in [6.45, 7) is 2.07. The van der Waals surface area contributed by atoms with Gasteiger partial charge in [0.05, 0.1) is 5.69 Å². The third kappa shape index (κ3) is 1.19. The quantitative estimate of drug-likeness (QED) is 0.626. The number of nitrogens with zero attached hydrogens (tertiary/aromatic N) is 2. The van der Waals surface area contributed by atoms with Crippen molar-refractivity contribution in [1.82, 2.24) is 15.1 Å². The molecule has 0 atom stereocenters. The lowest BCUT2D eigenvalue weighted by molar-refractivity contribution is 0.672. The van der Waals surface area contributed by atoms with Crippen molar-refractivity contribution in [2.24, 2.45) is 7.05 Å². The van der Waals surface area contributed by atoms with Gasteiger partial charge in [0.1, 0.15) is 0 Å². The first-order valence-corrected chi connectivity index (χ1v) is 3.74. The molecule has 0 spiro atoms. The Kier molecular flexibility index (Phi) is 1.51. The Morgan fingerprint density at radius 1 is 1.64 bits per heavy atom. The van der Waals surface area contributed by atoms with Gasteiger partial charge in [0.15, 0.2) is 0 Å². The summed E-state index contributed by atoms with van der Waals surface area (Å²) in [7, 11) is 1.96. The molecule has 0 amide bonds. The lowest BCUT2D eigenvalue weighted by atomic mass is 10.1. The fourth-order valence-electron chi connectivity index (χ4n) is 1.11. The molecule has 1 aliphatic heterocycles. The molecule has 0 radical (unpaired) electrons. The summed E-state index contributed by atoms with van der Waals surface area (Å²) in [6, 6.07) is 2.02. The van der Waals surface area contributed by atoms with Crippen LogP contribution >= 0.6 is 0 Å². The zero-order valence-corrected chi connectivity index (χ0v) is 6.54. The molecular formula is C8H11N3. The molecule has 3 nitrogen and oxygen atoms in total. The first-order chi connectivity index (χ1) is 5.36. The average Bonchev–Trinajstić information content (AvgIpc) is 2.27. The summed E-state index contributed by atoms with van der Waals surface area (Å²) < 4.78 is 1.88. The van der Waals surface area contributed by atoms with Crippen LogP contribution in [0.4, 0.5) is 0 Å². The van der Waals surface area contributed by atoms with Crippen LogP contribution < -0.4 is 5.32 Å². The zero-order chi connectivity index (χ0) is 7.68. The Bertz CT molecular complexity index is 279. The van der Waals surface area contributed by atoms with E-state index in [1.807, 2.05) is 24.0 Å². The van der Waals surface area contributed by atoms with E-state index in [4.69, 9.17) is 0 Å². The van der Waals surface area contributed by atoms with Crippen LogP contribution in [0.5, 0.6) is 0 Å². The minimum Gasteiger partial charge on any atom is -0.309 e. The van der Waals surface area contributed by atoms with E-state index < -0.39 is 0 Å². The molecule has 2 heterocycles. The standard InChI is InChI=1S/C8H11N3/c1-11-8(2-3-10-11)4-7-5-9-6-7/h2-4,9H,5-6H2,1H3. The summed E-state index contributed by atoms with van der Waals surface area (Å²) >= 11 is 0. The summed E-state index contributed by atoms with van der Waals surface area (Å²) in [5, 5.41) is 7.27. The van der Waals surface area contributed by atoms with Crippen molar-refractivity contribution in [3.63, 3.8) is 0 Å². The maximum Gasteiger partial charge on any atom is 0.0607 e. The molecule has 11 heavy (non-hydrogen) atoms. The molecule has 1 aromatic heterocycles. The van der Waals surface area contributed by atoms with E-state index in [0.717, 1.165) is 13.1 Å². The van der Waals surface area contributed by atoms with Gasteiger partial charge in [-0.05, 0) is 17.7 Å². The Morgan fingerprint density at radius 3 is 2.91 bits per heavy atom. The fourth-order valence-corrected chi connectivity index (χ4v) is 1.11. The summed E-state index contributed by atoms with van der Waals surface area (Å²) in [5.41, 5.74) is 2.63. The molecule has 3 heteroatoms. The van der Waals surface area contributed by atoms with Crippen LogP contribution in [-0.4, -0.2) is 22.9 Å². The van der Waals surface area contributed by atoms with E-state index in [-0.39, 0.29) is 0 Å². The first kappa shape index (κ1) is 6.61. The molecule has 0 bridgehead atoms. The molecule has 1 aromatic rings. The van der Waals surface area contributed by atoms with Gasteiger partial charge in [-0.2, -0.15) is 5.10 Å². The maximum atomic E-state index is 4.08. The Morgan fingerprint density at radius 2 is 2.45 bits per heavy atom. The van der Waals surface area contributed by atoms with Crippen LogP contribution in [0.2, 0.25) is 0 Å². The molecule has 1 N–H and O–H groups in total. The van der Waals surface area contributed by atoms with Gasteiger partial charge in [-0.3, -0.25) is 4.68 Å². The van der Waals surface area contributed by atoms with E-state index in [1.54, 1.807) is 0 Å². The highest BCUT2D eigenvalue weighted by atomic mass is 15.2. The van der Waals surface area contributed by atoms with Crippen LogP contribution in [0.15, 0.2) is 17.8 Å². The van der Waals surface area contributed by atoms with Crippen LogP contribution in [-0.2, 0) is 7.05 Å². The maximum absolute atomic E-state index is 4.08. The van der Waals surface area contributed by atoms with E-state index >= 15 is 0 Å². The molecular weight excluding hydrogens is 138 g/mol. The fraction of sp³-hybridized carbons (Fsp3) is 0.375. The van der Waals surface area contributed by atoms with E-state index in [0.29, 0.717) is 0 Å². The van der Waals surface area contributed by atoms with Crippen molar-refractivity contribution >= 4 is 6.08 Å². The number of aryl methyl sites for hydroxylation is 1. The van der Waals surface area contributed by atoms with Gasteiger partial charge in [-0.15, -0.1) is 0 Å². The third-order valence-corrected chi connectivity index (χ3v) is 1.91. The van der Waals surface area contributed by atoms with Crippen LogP contribution in [0.25, 0.3) is 6.08 Å². The summed E-state index contributed by atoms with van der Waals surface area (Å²) in [4.78, 5) is 0. The van der Waals surface area contributed by atoms with Crippen LogP contribution in [0.3, 0.4) is 0 Å². The second-order valence-electron chi connectivity index (χ2n) is 2.79. The van der Waals surface area contributed by atoms with Gasteiger partial charge in [-0.1, -0.05) is 0 Å². The summed E-state index contributed by atoms with van der Waals surface area (Å²) in [5.74, 6) is 0. The van der Waals surface area contributed by atoms with Crippen molar-refractivity contribution in [2.45, 2.75) is 0 Å². The normalized spacial score (nSPS) is 16.3. The number of hydrogen-bond donors (Lipinski definition) is 1. The molecule has 1 aliphatic rings. The molecule has 0 saturated carbocycles. The van der Waals surface area contributed by atoms with Crippen molar-refractivity contribution in [3.05, 3.63) is 23.5 Å². The molecule has 0 unspecified atom stereocenters. The van der Waals surface area contributed by atoms with Crippen molar-refractivity contribution < 1.29 is 0 Å². The van der Waals surface area contributed by atoms with Gasteiger partial charge >= 0.3 is 0 Å². The highest BCUT2D eigenvalue weighted by Gasteiger charge is 2.07. The van der Waals surface area contributed by atoms with Crippen molar-refractivity contribution in [2.75, 3.05) is 13.1 Å². The number of rotatable bonds is 1. The van der Waals surface area contributed by atoms with Gasteiger partial charge in [-0.25, -0.2) is 0 Å². The molecule has 0 aromatic carbocycles. The number of hydrogen-bond acceptors (Lipinski definition) is 2. The molecule has 2 rings (SSSR count). The molecule has 0 aliphatic carbocycles. The second-order valence-corrected chi connectivity index (χ2v) is 2.79. The monoisotopic (exact) mass is 149 g/mol. The average molecular weight is 149 g/mol. The highest BCUT2D eigenvalue weighted by molar-refractivity contribution is 5.51. The van der Waals surface area contributed by atoms with Crippen molar-refractivity contribution in [1.29, 1.82) is 0 Å². The second kappa shape index (κ2) is 2.51. The molecule has 58 valence electrons. The molecule has 1 fully saturated rings. The van der Waals surface area contributed by atoms with E-state index in [9.17, 15) is 0 Å². The smallest absolute Gasteiger partial charge is 0.0607 e. The lowest BCUT2D eigenvalue weighted by Gasteiger charge is -2.18. The lowest BCUT2D eigenvalue weighted by Crippen LogP contribution is -2.33. The summed E-state index contributed by atoms with van der Waals surface area (Å²) in [6.07, 6.45) is 4.00. The van der Waals surface area contributed by atoms with Crippen LogP contribution in [0, 0.1) is 0 Å². The first-order valence-electron chi connectivity index (χ1n) is 3.74. The van der Waals surface area contributed by atoms with Gasteiger partial charge in [0, 0.05) is 26.3 Å². The number of nitrogens with one attached hydrogen (secondary N) is 1. The predicted molar refractivity (Wildman–Crippen MR) is 44.1 cm³/mol. The largest absolute Gasteiger partial charge is 0.309 e. The van der Waals surface area contributed by atoms with Crippen molar-refractivity contribution in [3.8, 4) is 0 Å². The Hall–Kier alpha value is -1.09. The minimum absolute atomic E-state index is 1.03. The predicted octanol–water partition coefficient (Wildman–Crippen LogP) is 0.407. The Labute approximate surface area is 65.7 Å². The molecule has 1 saturated heterocycles.